The van der Waals surface area contributed by atoms with E-state index >= 15 is 0 Å². The summed E-state index contributed by atoms with van der Waals surface area (Å²) in [5.41, 5.74) is 5.76. The van der Waals surface area contributed by atoms with E-state index in [2.05, 4.69) is 65.8 Å². The number of ether oxygens (including phenoxy) is 6. The van der Waals surface area contributed by atoms with Gasteiger partial charge in [-0.1, -0.05) is 88.4 Å². The Morgan fingerprint density at radius 2 is 0.806 bits per heavy atom. The van der Waals surface area contributed by atoms with Gasteiger partial charge in [0.1, 0.15) is 23.0 Å². The predicted molar refractivity (Wildman–Crippen MR) is 252 cm³/mol. The molecule has 8 nitrogen and oxygen atoms in total. The van der Waals surface area contributed by atoms with Crippen molar-refractivity contribution >= 4 is 24.1 Å². The third kappa shape index (κ3) is 19.0. The third-order valence-electron chi connectivity index (χ3n) is 10.3. The van der Waals surface area contributed by atoms with Crippen molar-refractivity contribution in [3.8, 4) is 34.1 Å². The van der Waals surface area contributed by atoms with Gasteiger partial charge >= 0.3 is 11.9 Å². The van der Waals surface area contributed by atoms with Crippen LogP contribution in [-0.4, -0.2) is 51.6 Å². The molecule has 4 rings (SSSR count). The van der Waals surface area contributed by atoms with Crippen LogP contribution in [0.15, 0.2) is 97.1 Å². The molecule has 0 fully saturated rings. The smallest absolute Gasteiger partial charge is 0.330 e. The average molecular weight is 847 g/mol. The Hall–Kier alpha value is -5.50. The van der Waals surface area contributed by atoms with E-state index in [-0.39, 0.29) is 11.9 Å². The molecule has 0 saturated heterocycles. The summed E-state index contributed by atoms with van der Waals surface area (Å²) in [6.45, 7) is 16.1. The van der Waals surface area contributed by atoms with Gasteiger partial charge in [0.2, 0.25) is 0 Å². The highest BCUT2D eigenvalue weighted by molar-refractivity contribution is 5.87. The van der Waals surface area contributed by atoms with Gasteiger partial charge in [-0.15, -0.1) is 0 Å². The molecular formula is C54H70O8. The summed E-state index contributed by atoms with van der Waals surface area (Å²) in [7, 11) is 0. The lowest BCUT2D eigenvalue weighted by atomic mass is 9.98. The van der Waals surface area contributed by atoms with Crippen molar-refractivity contribution in [3.63, 3.8) is 0 Å². The fraction of sp³-hybridized carbons (Fsp3) is 0.444. The second kappa shape index (κ2) is 28.2. The van der Waals surface area contributed by atoms with Crippen LogP contribution in [0.3, 0.4) is 0 Å². The van der Waals surface area contributed by atoms with Crippen LogP contribution in [0.2, 0.25) is 0 Å². The van der Waals surface area contributed by atoms with Crippen molar-refractivity contribution in [3.05, 3.63) is 119 Å². The van der Waals surface area contributed by atoms with E-state index in [9.17, 15) is 9.59 Å². The minimum absolute atomic E-state index is 0.324. The number of carbonyl (C=O) groups is 2. The first-order chi connectivity index (χ1) is 30.1. The van der Waals surface area contributed by atoms with E-state index in [0.717, 1.165) is 121 Å². The lowest BCUT2D eigenvalue weighted by molar-refractivity contribution is -0.138. The Kier molecular flexibility index (Phi) is 22.3. The highest BCUT2D eigenvalue weighted by Crippen LogP contribution is 2.43. The summed E-state index contributed by atoms with van der Waals surface area (Å²) in [4.78, 5) is 24.3. The highest BCUT2D eigenvalue weighted by atomic mass is 16.5. The topological polar surface area (TPSA) is 89.5 Å². The number of rotatable bonds is 29. The molecule has 4 aromatic rings. The minimum atomic E-state index is -0.326. The molecule has 0 aliphatic carbocycles. The first kappa shape index (κ1) is 49.2. The van der Waals surface area contributed by atoms with Crippen molar-refractivity contribution in [1.29, 1.82) is 0 Å². The number of hydrogen-bond acceptors (Lipinski definition) is 8. The van der Waals surface area contributed by atoms with Crippen LogP contribution in [0.1, 0.15) is 114 Å². The van der Waals surface area contributed by atoms with Crippen LogP contribution in [0.25, 0.3) is 23.3 Å². The SMILES string of the molecule is Cc1cc(OCCCCCCOC(=O)/C=C/c2ccccc2)c(-c2cc(OCCC(C)C)c(C)cc2OCCC(C)C)cc1OCCCCCCOC(=O)/C=C/c1ccccc1. The zero-order chi connectivity index (χ0) is 44.4. The Morgan fingerprint density at radius 1 is 0.452 bits per heavy atom. The molecule has 0 unspecified atom stereocenters. The third-order valence-corrected chi connectivity index (χ3v) is 10.3. The number of unbranched alkanes of at least 4 members (excludes halogenated alkanes) is 6. The van der Waals surface area contributed by atoms with Gasteiger partial charge < -0.3 is 28.4 Å². The maximum Gasteiger partial charge on any atom is 0.330 e. The largest absolute Gasteiger partial charge is 0.493 e. The molecule has 4 aromatic carbocycles. The van der Waals surface area contributed by atoms with Gasteiger partial charge in [0.25, 0.3) is 0 Å². The number of aryl methyl sites for hydroxylation is 2. The molecule has 0 aliphatic heterocycles. The van der Waals surface area contributed by atoms with Crippen LogP contribution in [0.5, 0.6) is 23.0 Å². The number of carbonyl (C=O) groups excluding carboxylic acids is 2. The molecule has 62 heavy (non-hydrogen) atoms. The molecule has 0 heterocycles. The average Bonchev–Trinajstić information content (AvgIpc) is 3.25. The van der Waals surface area contributed by atoms with Crippen LogP contribution in [-0.2, 0) is 19.1 Å². The van der Waals surface area contributed by atoms with Gasteiger partial charge in [0.15, 0.2) is 0 Å². The van der Waals surface area contributed by atoms with E-state index < -0.39 is 0 Å². The quantitative estimate of drug-likeness (QED) is 0.0303. The zero-order valence-corrected chi connectivity index (χ0v) is 38.1. The molecule has 0 aliphatic rings. The second-order valence-corrected chi connectivity index (χ2v) is 16.6. The highest BCUT2D eigenvalue weighted by Gasteiger charge is 2.19. The van der Waals surface area contributed by atoms with Crippen molar-refractivity contribution in [2.75, 3.05) is 39.6 Å². The second-order valence-electron chi connectivity index (χ2n) is 16.6. The van der Waals surface area contributed by atoms with Gasteiger partial charge in [-0.3, -0.25) is 0 Å². The summed E-state index contributed by atoms with van der Waals surface area (Å²) < 4.78 is 36.7. The Bertz CT molecular complexity index is 1970. The summed E-state index contributed by atoms with van der Waals surface area (Å²) in [5.74, 6) is 3.60. The molecule has 0 atom stereocenters. The Balaban J connectivity index is 1.37. The van der Waals surface area contributed by atoms with E-state index in [1.807, 2.05) is 60.7 Å². The molecular weight excluding hydrogens is 777 g/mol. The van der Waals surface area contributed by atoms with Crippen molar-refractivity contribution in [2.45, 2.75) is 106 Å². The maximum absolute atomic E-state index is 12.2. The first-order valence-electron chi connectivity index (χ1n) is 22.7. The molecule has 0 radical (unpaired) electrons. The minimum Gasteiger partial charge on any atom is -0.493 e. The lowest BCUT2D eigenvalue weighted by Crippen LogP contribution is -2.07. The molecule has 8 heteroatoms. The normalized spacial score (nSPS) is 11.4. The van der Waals surface area contributed by atoms with Gasteiger partial charge in [-0.05, 0) is 149 Å². The monoisotopic (exact) mass is 847 g/mol. The van der Waals surface area contributed by atoms with Crippen LogP contribution < -0.4 is 18.9 Å². The summed E-state index contributed by atoms with van der Waals surface area (Å²) in [6, 6.07) is 27.8. The van der Waals surface area contributed by atoms with Crippen molar-refractivity contribution < 1.29 is 38.0 Å². The maximum atomic E-state index is 12.2. The Morgan fingerprint density at radius 3 is 1.21 bits per heavy atom. The van der Waals surface area contributed by atoms with Crippen molar-refractivity contribution in [2.24, 2.45) is 11.8 Å². The standard InChI is InChI=1S/C54H70O8/c1-41(2)29-35-59-50-40-48(52(38-44(50)6)60-36-30-42(3)4)47-39-49(57-31-17-7-9-19-33-61-53(55)27-25-45-21-13-11-14-22-45)43(5)37-51(47)58-32-18-8-10-20-34-62-54(56)28-26-46-23-15-12-16-24-46/h11-16,21-28,37-42H,7-10,17-20,29-36H2,1-6H3/b27-25+,28-26+. The van der Waals surface area contributed by atoms with E-state index in [0.29, 0.717) is 51.5 Å². The summed E-state index contributed by atoms with van der Waals surface area (Å²) in [6.07, 6.45) is 15.5. The molecule has 0 bridgehead atoms. The van der Waals surface area contributed by atoms with Gasteiger partial charge in [-0.25, -0.2) is 9.59 Å². The van der Waals surface area contributed by atoms with Crippen LogP contribution in [0, 0.1) is 25.7 Å². The molecule has 0 spiro atoms. The van der Waals surface area contributed by atoms with Gasteiger partial charge in [-0.2, -0.15) is 0 Å². The van der Waals surface area contributed by atoms with Gasteiger partial charge in [0.05, 0.1) is 39.6 Å². The van der Waals surface area contributed by atoms with Crippen LogP contribution in [0.4, 0.5) is 0 Å². The molecule has 0 aromatic heterocycles. The van der Waals surface area contributed by atoms with Gasteiger partial charge in [0, 0.05) is 23.3 Å². The number of esters is 2. The summed E-state index contributed by atoms with van der Waals surface area (Å²) in [5, 5.41) is 0. The lowest BCUT2D eigenvalue weighted by Gasteiger charge is -2.21. The van der Waals surface area contributed by atoms with E-state index in [4.69, 9.17) is 28.4 Å². The van der Waals surface area contributed by atoms with E-state index in [1.54, 1.807) is 12.2 Å². The Labute approximate surface area is 371 Å². The molecule has 0 amide bonds. The molecule has 0 saturated carbocycles. The number of hydrogen-bond donors (Lipinski definition) is 0. The predicted octanol–water partition coefficient (Wildman–Crippen LogP) is 13.2. The summed E-state index contributed by atoms with van der Waals surface area (Å²) >= 11 is 0. The number of benzene rings is 4. The fourth-order valence-corrected chi connectivity index (χ4v) is 6.48. The van der Waals surface area contributed by atoms with Crippen LogP contribution >= 0.6 is 0 Å². The molecule has 334 valence electrons. The van der Waals surface area contributed by atoms with Crippen molar-refractivity contribution in [1.82, 2.24) is 0 Å². The van der Waals surface area contributed by atoms with E-state index in [1.165, 1.54) is 12.2 Å². The first-order valence-corrected chi connectivity index (χ1v) is 22.7. The zero-order valence-electron chi connectivity index (χ0n) is 38.1. The molecule has 0 N–H and O–H groups in total. The fourth-order valence-electron chi connectivity index (χ4n) is 6.48.